The van der Waals surface area contributed by atoms with Gasteiger partial charge in [-0.25, -0.2) is 0 Å². The molecule has 0 unspecified atom stereocenters. The molecule has 5 heteroatoms. The van der Waals surface area contributed by atoms with Crippen molar-refractivity contribution in [2.45, 2.75) is 12.8 Å². The number of carbonyl (C=O) groups is 1. The molecule has 1 aliphatic heterocycles. The Morgan fingerprint density at radius 1 is 1.26 bits per heavy atom. The number of benzene rings is 1. The van der Waals surface area contributed by atoms with Crippen LogP contribution in [0.2, 0.25) is 0 Å². The van der Waals surface area contributed by atoms with Crippen molar-refractivity contribution in [2.24, 2.45) is 0 Å². The van der Waals surface area contributed by atoms with E-state index in [9.17, 15) is 4.79 Å². The Bertz CT molecular complexity index is 709. The number of hydrogen-bond acceptors (Lipinski definition) is 3. The summed E-state index contributed by atoms with van der Waals surface area (Å²) in [7, 11) is 0. The maximum Gasteiger partial charge on any atom is 0.224 e. The maximum absolute atomic E-state index is 11.3. The van der Waals surface area contributed by atoms with E-state index in [0.29, 0.717) is 17.8 Å². The van der Waals surface area contributed by atoms with Crippen molar-refractivity contribution in [2.75, 3.05) is 11.1 Å². The number of H-pyrrole nitrogens is 1. The standard InChI is InChI=1S/C14H12N4O/c15-7-10-6-12(18-14(10)16)9-1-3-11-8(5-9)2-4-13(19)17-11/h1,3,5-6,18H,2,4,16H2,(H,17,19). The second kappa shape index (κ2) is 4.18. The summed E-state index contributed by atoms with van der Waals surface area (Å²) in [5.74, 6) is 0.430. The molecule has 1 aromatic heterocycles. The van der Waals surface area contributed by atoms with E-state index in [1.807, 2.05) is 24.3 Å². The summed E-state index contributed by atoms with van der Waals surface area (Å²) < 4.78 is 0. The Labute approximate surface area is 110 Å². The smallest absolute Gasteiger partial charge is 0.224 e. The molecule has 2 aromatic rings. The molecule has 5 nitrogen and oxygen atoms in total. The first kappa shape index (κ1) is 11.4. The highest BCUT2D eigenvalue weighted by atomic mass is 16.1. The van der Waals surface area contributed by atoms with Gasteiger partial charge in [0.15, 0.2) is 0 Å². The lowest BCUT2D eigenvalue weighted by molar-refractivity contribution is -0.116. The number of aryl methyl sites for hydroxylation is 1. The molecule has 0 atom stereocenters. The van der Waals surface area contributed by atoms with Gasteiger partial charge in [0.2, 0.25) is 5.91 Å². The normalized spacial score (nSPS) is 13.5. The van der Waals surface area contributed by atoms with E-state index >= 15 is 0 Å². The van der Waals surface area contributed by atoms with Gasteiger partial charge in [0, 0.05) is 17.8 Å². The van der Waals surface area contributed by atoms with E-state index in [4.69, 9.17) is 11.0 Å². The van der Waals surface area contributed by atoms with Gasteiger partial charge < -0.3 is 16.0 Å². The lowest BCUT2D eigenvalue weighted by atomic mass is 9.99. The lowest BCUT2D eigenvalue weighted by Gasteiger charge is -2.17. The van der Waals surface area contributed by atoms with Crippen molar-refractivity contribution < 1.29 is 4.79 Å². The summed E-state index contributed by atoms with van der Waals surface area (Å²) in [5, 5.41) is 11.7. The minimum atomic E-state index is 0.0520. The van der Waals surface area contributed by atoms with Crippen LogP contribution in [0.15, 0.2) is 24.3 Å². The number of nitrogens with zero attached hydrogens (tertiary/aromatic N) is 1. The second-order valence-corrected chi connectivity index (χ2v) is 4.54. The number of amides is 1. The molecule has 2 heterocycles. The number of nitriles is 1. The number of hydrogen-bond donors (Lipinski definition) is 3. The van der Waals surface area contributed by atoms with E-state index in [1.165, 1.54) is 0 Å². The first-order valence-corrected chi connectivity index (χ1v) is 5.99. The molecular weight excluding hydrogens is 240 g/mol. The van der Waals surface area contributed by atoms with Gasteiger partial charge in [-0.2, -0.15) is 5.26 Å². The molecule has 1 amide bonds. The van der Waals surface area contributed by atoms with E-state index in [2.05, 4.69) is 10.3 Å². The number of carbonyl (C=O) groups excluding carboxylic acids is 1. The van der Waals surface area contributed by atoms with E-state index < -0.39 is 0 Å². The van der Waals surface area contributed by atoms with Crippen LogP contribution in [-0.2, 0) is 11.2 Å². The Morgan fingerprint density at radius 2 is 2.11 bits per heavy atom. The van der Waals surface area contributed by atoms with Gasteiger partial charge in [-0.3, -0.25) is 4.79 Å². The number of anilines is 2. The second-order valence-electron chi connectivity index (χ2n) is 4.54. The maximum atomic E-state index is 11.3. The van der Waals surface area contributed by atoms with Crippen molar-refractivity contribution in [1.29, 1.82) is 5.26 Å². The fourth-order valence-corrected chi connectivity index (χ4v) is 2.27. The first-order valence-electron chi connectivity index (χ1n) is 5.99. The molecule has 3 rings (SSSR count). The molecule has 0 spiro atoms. The predicted molar refractivity (Wildman–Crippen MR) is 72.3 cm³/mol. The Hall–Kier alpha value is -2.74. The number of aromatic nitrogens is 1. The number of aromatic amines is 1. The number of nitrogen functional groups attached to an aromatic ring is 1. The monoisotopic (exact) mass is 252 g/mol. The molecule has 19 heavy (non-hydrogen) atoms. The van der Waals surface area contributed by atoms with Gasteiger partial charge in [-0.05, 0) is 35.7 Å². The molecule has 94 valence electrons. The highest BCUT2D eigenvalue weighted by Gasteiger charge is 2.16. The highest BCUT2D eigenvalue weighted by Crippen LogP contribution is 2.29. The van der Waals surface area contributed by atoms with Crippen LogP contribution >= 0.6 is 0 Å². The zero-order valence-corrected chi connectivity index (χ0v) is 10.2. The molecule has 0 fully saturated rings. The van der Waals surface area contributed by atoms with Crippen LogP contribution in [0.3, 0.4) is 0 Å². The molecule has 1 aromatic carbocycles. The fourth-order valence-electron chi connectivity index (χ4n) is 2.27. The summed E-state index contributed by atoms with van der Waals surface area (Å²) in [6, 6.07) is 9.57. The number of rotatable bonds is 1. The number of nitrogens with one attached hydrogen (secondary N) is 2. The van der Waals surface area contributed by atoms with Crippen LogP contribution in [-0.4, -0.2) is 10.9 Å². The van der Waals surface area contributed by atoms with Gasteiger partial charge in [0.25, 0.3) is 0 Å². The Morgan fingerprint density at radius 3 is 2.84 bits per heavy atom. The molecule has 0 aliphatic carbocycles. The average molecular weight is 252 g/mol. The zero-order chi connectivity index (χ0) is 13.4. The van der Waals surface area contributed by atoms with E-state index in [-0.39, 0.29) is 5.91 Å². The number of fused-ring (bicyclic) bond motifs is 1. The minimum Gasteiger partial charge on any atom is -0.384 e. The molecule has 0 bridgehead atoms. The Kier molecular flexibility index (Phi) is 2.50. The molecular formula is C14H12N4O. The summed E-state index contributed by atoms with van der Waals surface area (Å²) in [5.41, 5.74) is 9.89. The minimum absolute atomic E-state index is 0.0520. The summed E-state index contributed by atoms with van der Waals surface area (Å²) in [4.78, 5) is 14.3. The van der Waals surface area contributed by atoms with Gasteiger partial charge in [0.1, 0.15) is 11.9 Å². The van der Waals surface area contributed by atoms with Crippen molar-refractivity contribution in [3.63, 3.8) is 0 Å². The zero-order valence-electron chi connectivity index (χ0n) is 10.2. The summed E-state index contributed by atoms with van der Waals surface area (Å²) in [6.45, 7) is 0. The van der Waals surface area contributed by atoms with Crippen LogP contribution in [0.25, 0.3) is 11.3 Å². The van der Waals surface area contributed by atoms with E-state index in [0.717, 1.165) is 28.9 Å². The fraction of sp³-hybridized carbons (Fsp3) is 0.143. The van der Waals surface area contributed by atoms with Gasteiger partial charge in [0.05, 0.1) is 5.56 Å². The molecule has 0 saturated carbocycles. The van der Waals surface area contributed by atoms with Crippen molar-refractivity contribution >= 4 is 17.4 Å². The van der Waals surface area contributed by atoms with Crippen LogP contribution in [0.4, 0.5) is 11.5 Å². The molecule has 1 aliphatic rings. The topological polar surface area (TPSA) is 94.7 Å². The third-order valence-electron chi connectivity index (χ3n) is 3.28. The summed E-state index contributed by atoms with van der Waals surface area (Å²) in [6.07, 6.45) is 1.24. The average Bonchev–Trinajstić information content (AvgIpc) is 2.79. The van der Waals surface area contributed by atoms with Gasteiger partial charge in [-0.1, -0.05) is 6.07 Å². The van der Waals surface area contributed by atoms with Gasteiger partial charge >= 0.3 is 0 Å². The van der Waals surface area contributed by atoms with Crippen molar-refractivity contribution in [3.05, 3.63) is 35.4 Å². The number of nitrogens with two attached hydrogens (primary N) is 1. The van der Waals surface area contributed by atoms with Crippen LogP contribution in [0.1, 0.15) is 17.5 Å². The lowest BCUT2D eigenvalue weighted by Crippen LogP contribution is -2.18. The largest absolute Gasteiger partial charge is 0.384 e. The quantitative estimate of drug-likeness (QED) is 0.724. The molecule has 0 saturated heterocycles. The van der Waals surface area contributed by atoms with Crippen LogP contribution < -0.4 is 11.1 Å². The predicted octanol–water partition coefficient (Wildman–Crippen LogP) is 2.02. The van der Waals surface area contributed by atoms with Crippen molar-refractivity contribution in [1.82, 2.24) is 4.98 Å². The highest BCUT2D eigenvalue weighted by molar-refractivity contribution is 5.94. The Balaban J connectivity index is 2.02. The third-order valence-corrected chi connectivity index (χ3v) is 3.28. The van der Waals surface area contributed by atoms with Crippen molar-refractivity contribution in [3.8, 4) is 17.3 Å². The first-order chi connectivity index (χ1) is 9.17. The van der Waals surface area contributed by atoms with E-state index in [1.54, 1.807) is 6.07 Å². The molecule has 0 radical (unpaired) electrons. The van der Waals surface area contributed by atoms with Gasteiger partial charge in [-0.15, -0.1) is 0 Å². The summed E-state index contributed by atoms with van der Waals surface area (Å²) >= 11 is 0. The molecule has 4 N–H and O–H groups in total. The van der Waals surface area contributed by atoms with Crippen LogP contribution in [0.5, 0.6) is 0 Å². The SMILES string of the molecule is N#Cc1cc(-c2ccc3c(c2)CCC(=O)N3)[nH]c1N. The van der Waals surface area contributed by atoms with Crippen LogP contribution in [0, 0.1) is 11.3 Å². The third kappa shape index (κ3) is 1.93.